The lowest BCUT2D eigenvalue weighted by molar-refractivity contribution is -0.301. The molecule has 2 rings (SSSR count). The van der Waals surface area contributed by atoms with Gasteiger partial charge in [-0.15, -0.1) is 0 Å². The van der Waals surface area contributed by atoms with E-state index in [2.05, 4.69) is 20.9 Å². The Morgan fingerprint density at radius 1 is 1.41 bits per heavy atom. The van der Waals surface area contributed by atoms with Crippen LogP contribution in [0.5, 0.6) is 0 Å². The van der Waals surface area contributed by atoms with Crippen molar-refractivity contribution in [2.24, 2.45) is 0 Å². The topological polar surface area (TPSA) is 57.9 Å². The molecule has 0 amide bonds. The summed E-state index contributed by atoms with van der Waals surface area (Å²) in [5, 5.41) is 11.0. The molecular weight excluding hydrogens is 304 g/mol. The molecule has 88 valence electrons. The molecule has 0 aliphatic rings. The SMILES string of the molecule is O=C([O-])CSc1nccn1-c1ccc(Br)cc1. The number of carboxylic acids is 1. The summed E-state index contributed by atoms with van der Waals surface area (Å²) in [6, 6.07) is 7.69. The van der Waals surface area contributed by atoms with E-state index in [1.54, 1.807) is 12.4 Å². The normalized spacial score (nSPS) is 10.4. The minimum absolute atomic E-state index is 0.104. The molecule has 2 aromatic rings. The van der Waals surface area contributed by atoms with E-state index in [1.165, 1.54) is 0 Å². The molecule has 0 aliphatic heterocycles. The van der Waals surface area contributed by atoms with Gasteiger partial charge in [0.2, 0.25) is 0 Å². The highest BCUT2D eigenvalue weighted by Crippen LogP contribution is 2.21. The second-order valence-electron chi connectivity index (χ2n) is 3.22. The van der Waals surface area contributed by atoms with Crippen LogP contribution in [0.4, 0.5) is 0 Å². The molecule has 0 radical (unpaired) electrons. The van der Waals surface area contributed by atoms with Crippen molar-refractivity contribution in [3.05, 3.63) is 41.1 Å². The first-order valence-electron chi connectivity index (χ1n) is 4.79. The van der Waals surface area contributed by atoms with Gasteiger partial charge in [-0.2, -0.15) is 0 Å². The van der Waals surface area contributed by atoms with Crippen LogP contribution >= 0.6 is 27.7 Å². The fourth-order valence-electron chi connectivity index (χ4n) is 1.32. The monoisotopic (exact) mass is 311 g/mol. The van der Waals surface area contributed by atoms with Crippen molar-refractivity contribution in [1.82, 2.24) is 9.55 Å². The summed E-state index contributed by atoms with van der Waals surface area (Å²) < 4.78 is 2.82. The number of rotatable bonds is 4. The molecule has 1 heterocycles. The van der Waals surface area contributed by atoms with E-state index in [0.29, 0.717) is 5.16 Å². The molecule has 1 aromatic carbocycles. The van der Waals surface area contributed by atoms with Gasteiger partial charge in [0, 0.05) is 28.3 Å². The van der Waals surface area contributed by atoms with Crippen molar-refractivity contribution in [3.63, 3.8) is 0 Å². The third kappa shape index (κ3) is 3.10. The Labute approximate surface area is 111 Å². The van der Waals surface area contributed by atoms with Crippen molar-refractivity contribution < 1.29 is 9.90 Å². The van der Waals surface area contributed by atoms with Crippen molar-refractivity contribution in [1.29, 1.82) is 0 Å². The van der Waals surface area contributed by atoms with Gasteiger partial charge in [0.1, 0.15) is 0 Å². The number of aliphatic carboxylic acids is 1. The summed E-state index contributed by atoms with van der Waals surface area (Å²) in [4.78, 5) is 14.5. The molecule has 17 heavy (non-hydrogen) atoms. The third-order valence-corrected chi connectivity index (χ3v) is 3.50. The molecule has 0 atom stereocenters. The second-order valence-corrected chi connectivity index (χ2v) is 5.08. The van der Waals surface area contributed by atoms with Gasteiger partial charge in [-0.05, 0) is 24.3 Å². The number of aromatic nitrogens is 2. The van der Waals surface area contributed by atoms with Gasteiger partial charge in [-0.1, -0.05) is 27.7 Å². The van der Waals surface area contributed by atoms with E-state index in [9.17, 15) is 9.90 Å². The Morgan fingerprint density at radius 2 is 2.12 bits per heavy atom. The molecule has 0 spiro atoms. The smallest absolute Gasteiger partial charge is 0.172 e. The highest BCUT2D eigenvalue weighted by molar-refractivity contribution is 9.10. The number of carbonyl (C=O) groups excluding carboxylic acids is 1. The van der Waals surface area contributed by atoms with Crippen LogP contribution in [0, 0.1) is 0 Å². The first kappa shape index (κ1) is 12.2. The van der Waals surface area contributed by atoms with Gasteiger partial charge < -0.3 is 9.90 Å². The van der Waals surface area contributed by atoms with E-state index in [-0.39, 0.29) is 5.75 Å². The van der Waals surface area contributed by atoms with Crippen LogP contribution in [0.3, 0.4) is 0 Å². The molecule has 0 N–H and O–H groups in total. The maximum atomic E-state index is 10.4. The summed E-state index contributed by atoms with van der Waals surface area (Å²) in [6.45, 7) is 0. The van der Waals surface area contributed by atoms with Crippen LogP contribution in [0.25, 0.3) is 5.69 Å². The quantitative estimate of drug-likeness (QED) is 0.803. The van der Waals surface area contributed by atoms with Gasteiger partial charge in [0.15, 0.2) is 5.16 Å². The molecular formula is C11H8BrN2O2S-. The molecule has 0 saturated carbocycles. The number of carboxylic acid groups (broad SMARTS) is 1. The Hall–Kier alpha value is -1.27. The maximum absolute atomic E-state index is 10.4. The van der Waals surface area contributed by atoms with Gasteiger partial charge in [-0.3, -0.25) is 4.57 Å². The zero-order chi connectivity index (χ0) is 12.3. The maximum Gasteiger partial charge on any atom is 0.172 e. The van der Waals surface area contributed by atoms with E-state index in [4.69, 9.17) is 0 Å². The minimum atomic E-state index is -1.10. The predicted octanol–water partition coefficient (Wildman–Crippen LogP) is 1.48. The summed E-state index contributed by atoms with van der Waals surface area (Å²) in [7, 11) is 0. The van der Waals surface area contributed by atoms with Crippen LogP contribution < -0.4 is 5.11 Å². The summed E-state index contributed by atoms with van der Waals surface area (Å²) >= 11 is 4.50. The fraction of sp³-hybridized carbons (Fsp3) is 0.0909. The summed E-state index contributed by atoms with van der Waals surface area (Å²) in [5.74, 6) is -1.20. The van der Waals surface area contributed by atoms with Crippen molar-refractivity contribution >= 4 is 33.7 Å². The number of nitrogens with zero attached hydrogens (tertiary/aromatic N) is 2. The molecule has 0 bridgehead atoms. The van der Waals surface area contributed by atoms with Gasteiger partial charge in [0.05, 0.1) is 5.97 Å². The number of imidazole rings is 1. The van der Waals surface area contributed by atoms with Crippen LogP contribution in [-0.2, 0) is 4.79 Å². The molecule has 6 heteroatoms. The lowest BCUT2D eigenvalue weighted by atomic mass is 10.3. The zero-order valence-electron chi connectivity index (χ0n) is 8.67. The van der Waals surface area contributed by atoms with Gasteiger partial charge >= 0.3 is 0 Å². The number of hydrogen-bond donors (Lipinski definition) is 0. The lowest BCUT2D eigenvalue weighted by Crippen LogP contribution is -2.24. The lowest BCUT2D eigenvalue weighted by Gasteiger charge is -2.07. The van der Waals surface area contributed by atoms with Crippen LogP contribution in [-0.4, -0.2) is 21.3 Å². The van der Waals surface area contributed by atoms with E-state index >= 15 is 0 Å². The van der Waals surface area contributed by atoms with E-state index in [0.717, 1.165) is 21.9 Å². The Kier molecular flexibility index (Phi) is 3.86. The van der Waals surface area contributed by atoms with Crippen molar-refractivity contribution in [2.45, 2.75) is 5.16 Å². The average Bonchev–Trinajstić information content (AvgIpc) is 2.75. The highest BCUT2D eigenvalue weighted by Gasteiger charge is 2.05. The first-order valence-corrected chi connectivity index (χ1v) is 6.56. The Balaban J connectivity index is 2.24. The standard InChI is InChI=1S/C11H9BrN2O2S/c12-8-1-3-9(4-2-8)14-6-5-13-11(14)17-7-10(15)16/h1-6H,7H2,(H,15,16)/p-1. The molecule has 0 unspecified atom stereocenters. The Bertz CT molecular complexity index is 525. The largest absolute Gasteiger partial charge is 0.549 e. The second kappa shape index (κ2) is 5.37. The van der Waals surface area contributed by atoms with Gasteiger partial charge in [-0.25, -0.2) is 4.98 Å². The minimum Gasteiger partial charge on any atom is -0.549 e. The van der Waals surface area contributed by atoms with Crippen LogP contribution in [0.2, 0.25) is 0 Å². The van der Waals surface area contributed by atoms with Crippen molar-refractivity contribution in [3.8, 4) is 5.69 Å². The highest BCUT2D eigenvalue weighted by atomic mass is 79.9. The molecule has 0 aliphatic carbocycles. The fourth-order valence-corrected chi connectivity index (χ4v) is 2.27. The molecule has 1 aromatic heterocycles. The molecule has 0 fully saturated rings. The first-order chi connectivity index (χ1) is 8.16. The summed E-state index contributed by atoms with van der Waals surface area (Å²) in [6.07, 6.45) is 3.43. The number of halogens is 1. The zero-order valence-corrected chi connectivity index (χ0v) is 11.1. The predicted molar refractivity (Wildman–Crippen MR) is 67.0 cm³/mol. The molecule has 4 nitrogen and oxygen atoms in total. The number of hydrogen-bond acceptors (Lipinski definition) is 4. The molecule has 0 saturated heterocycles. The average molecular weight is 312 g/mol. The van der Waals surface area contributed by atoms with Crippen LogP contribution in [0.15, 0.2) is 46.3 Å². The van der Waals surface area contributed by atoms with Gasteiger partial charge in [0.25, 0.3) is 0 Å². The Morgan fingerprint density at radius 3 is 2.76 bits per heavy atom. The summed E-state index contributed by atoms with van der Waals surface area (Å²) in [5.41, 5.74) is 0.937. The van der Waals surface area contributed by atoms with E-state index < -0.39 is 5.97 Å². The third-order valence-electron chi connectivity index (χ3n) is 2.03. The van der Waals surface area contributed by atoms with Crippen molar-refractivity contribution in [2.75, 3.05) is 5.75 Å². The number of benzene rings is 1. The number of thioether (sulfide) groups is 1. The van der Waals surface area contributed by atoms with Crippen LogP contribution in [0.1, 0.15) is 0 Å². The van der Waals surface area contributed by atoms with E-state index in [1.807, 2.05) is 28.8 Å². The number of carbonyl (C=O) groups is 1.